The quantitative estimate of drug-likeness (QED) is 0.848. The van der Waals surface area contributed by atoms with Gasteiger partial charge in [-0.05, 0) is 44.2 Å². The first kappa shape index (κ1) is 16.0. The molecule has 6 nitrogen and oxygen atoms in total. The van der Waals surface area contributed by atoms with Crippen LogP contribution < -0.4 is 5.32 Å². The second-order valence-electron chi connectivity index (χ2n) is 5.82. The fourth-order valence-corrected chi connectivity index (χ4v) is 2.91. The van der Waals surface area contributed by atoms with Gasteiger partial charge in [0, 0.05) is 12.6 Å². The number of aliphatic hydroxyl groups excluding tert-OH is 1. The number of amides is 1. The SMILES string of the molecule is Cc1c(C(=O)NC(CCO)C2CC2)nnn1-c1ccccc1Cl. The van der Waals surface area contributed by atoms with Gasteiger partial charge in [-0.1, -0.05) is 28.9 Å². The molecule has 0 aliphatic heterocycles. The lowest BCUT2D eigenvalue weighted by atomic mass is 10.1. The van der Waals surface area contributed by atoms with Gasteiger partial charge in [-0.3, -0.25) is 4.79 Å². The maximum absolute atomic E-state index is 12.5. The maximum Gasteiger partial charge on any atom is 0.273 e. The Morgan fingerprint density at radius 3 is 2.87 bits per heavy atom. The van der Waals surface area contributed by atoms with Crippen molar-refractivity contribution in [3.63, 3.8) is 0 Å². The van der Waals surface area contributed by atoms with Crippen LogP contribution >= 0.6 is 11.6 Å². The Bertz CT molecular complexity index is 712. The molecule has 1 saturated carbocycles. The molecule has 1 unspecified atom stereocenters. The molecule has 1 aromatic carbocycles. The van der Waals surface area contributed by atoms with Crippen LogP contribution in [0.1, 0.15) is 35.4 Å². The van der Waals surface area contributed by atoms with Gasteiger partial charge in [0.25, 0.3) is 5.91 Å². The number of benzene rings is 1. The van der Waals surface area contributed by atoms with E-state index in [0.717, 1.165) is 12.8 Å². The summed E-state index contributed by atoms with van der Waals surface area (Å²) in [7, 11) is 0. The van der Waals surface area contributed by atoms with Crippen LogP contribution in [0.3, 0.4) is 0 Å². The van der Waals surface area contributed by atoms with Crippen molar-refractivity contribution in [1.29, 1.82) is 0 Å². The third-order valence-corrected chi connectivity index (χ3v) is 4.46. The zero-order valence-corrected chi connectivity index (χ0v) is 13.6. The van der Waals surface area contributed by atoms with E-state index in [1.165, 1.54) is 0 Å². The lowest BCUT2D eigenvalue weighted by Gasteiger charge is -2.16. The van der Waals surface area contributed by atoms with Crippen LogP contribution in [0.4, 0.5) is 0 Å². The average Bonchev–Trinajstić information content (AvgIpc) is 3.31. The molecule has 23 heavy (non-hydrogen) atoms. The zero-order chi connectivity index (χ0) is 16.4. The first-order chi connectivity index (χ1) is 11.1. The predicted octanol–water partition coefficient (Wildman–Crippen LogP) is 2.12. The van der Waals surface area contributed by atoms with Crippen LogP contribution in [0.2, 0.25) is 5.02 Å². The molecule has 0 spiro atoms. The van der Waals surface area contributed by atoms with Crippen molar-refractivity contribution in [3.8, 4) is 5.69 Å². The van der Waals surface area contributed by atoms with Crippen molar-refractivity contribution in [2.45, 2.75) is 32.2 Å². The van der Waals surface area contributed by atoms with Crippen LogP contribution in [0.25, 0.3) is 5.69 Å². The number of carbonyl (C=O) groups excluding carboxylic acids is 1. The molecule has 1 amide bonds. The van der Waals surface area contributed by atoms with E-state index in [4.69, 9.17) is 16.7 Å². The van der Waals surface area contributed by atoms with Crippen molar-refractivity contribution in [2.75, 3.05) is 6.61 Å². The van der Waals surface area contributed by atoms with E-state index >= 15 is 0 Å². The minimum Gasteiger partial charge on any atom is -0.396 e. The standard InChI is InChI=1S/C16H19ClN4O2/c1-10-15(16(23)18-13(8-9-22)11-6-7-11)19-20-21(10)14-5-3-2-4-12(14)17/h2-5,11,13,22H,6-9H2,1H3,(H,18,23). The first-order valence-electron chi connectivity index (χ1n) is 7.70. The number of halogens is 1. The third kappa shape index (κ3) is 3.38. The van der Waals surface area contributed by atoms with E-state index < -0.39 is 0 Å². The fourth-order valence-electron chi connectivity index (χ4n) is 2.69. The van der Waals surface area contributed by atoms with Crippen LogP contribution in [0, 0.1) is 12.8 Å². The molecule has 1 heterocycles. The summed E-state index contributed by atoms with van der Waals surface area (Å²) >= 11 is 6.18. The minimum absolute atomic E-state index is 0.00244. The normalized spacial score (nSPS) is 15.4. The molecule has 3 rings (SSSR count). The summed E-state index contributed by atoms with van der Waals surface area (Å²) in [5, 5.41) is 20.7. The molecule has 0 bridgehead atoms. The molecule has 2 N–H and O–H groups in total. The molecule has 1 aliphatic carbocycles. The Labute approximate surface area is 139 Å². The van der Waals surface area contributed by atoms with Gasteiger partial charge in [-0.25, -0.2) is 4.68 Å². The van der Waals surface area contributed by atoms with E-state index in [1.807, 2.05) is 18.2 Å². The van der Waals surface area contributed by atoms with Gasteiger partial charge in [-0.15, -0.1) is 5.10 Å². The number of nitrogens with zero attached hydrogens (tertiary/aromatic N) is 3. The highest BCUT2D eigenvalue weighted by atomic mass is 35.5. The highest BCUT2D eigenvalue weighted by Gasteiger charge is 2.33. The van der Waals surface area contributed by atoms with Crippen LogP contribution in [-0.2, 0) is 0 Å². The van der Waals surface area contributed by atoms with Crippen molar-refractivity contribution >= 4 is 17.5 Å². The topological polar surface area (TPSA) is 80.0 Å². The molecule has 1 atom stereocenters. The zero-order valence-electron chi connectivity index (χ0n) is 12.9. The highest BCUT2D eigenvalue weighted by molar-refractivity contribution is 6.32. The van der Waals surface area contributed by atoms with Gasteiger partial charge in [0.2, 0.25) is 0 Å². The number of nitrogens with one attached hydrogen (secondary N) is 1. The van der Waals surface area contributed by atoms with Gasteiger partial charge in [-0.2, -0.15) is 0 Å². The van der Waals surface area contributed by atoms with Gasteiger partial charge >= 0.3 is 0 Å². The van der Waals surface area contributed by atoms with Gasteiger partial charge < -0.3 is 10.4 Å². The molecule has 1 aliphatic rings. The molecule has 1 fully saturated rings. The Morgan fingerprint density at radius 1 is 1.48 bits per heavy atom. The molecule has 122 valence electrons. The van der Waals surface area contributed by atoms with Crippen LogP contribution in [0.5, 0.6) is 0 Å². The number of hydrogen-bond donors (Lipinski definition) is 2. The molecule has 2 aromatic rings. The largest absolute Gasteiger partial charge is 0.396 e. The monoisotopic (exact) mass is 334 g/mol. The summed E-state index contributed by atoms with van der Waals surface area (Å²) in [6.07, 6.45) is 2.75. The lowest BCUT2D eigenvalue weighted by molar-refractivity contribution is 0.0918. The molecule has 1 aromatic heterocycles. The molecule has 0 radical (unpaired) electrons. The number of carbonyl (C=O) groups is 1. The van der Waals surface area contributed by atoms with E-state index in [1.54, 1.807) is 17.7 Å². The maximum atomic E-state index is 12.5. The molecule has 7 heteroatoms. The number of hydrogen-bond acceptors (Lipinski definition) is 4. The van der Waals surface area contributed by atoms with Crippen molar-refractivity contribution in [2.24, 2.45) is 5.92 Å². The smallest absolute Gasteiger partial charge is 0.273 e. The Kier molecular flexibility index (Phi) is 4.63. The second-order valence-corrected chi connectivity index (χ2v) is 6.22. The van der Waals surface area contributed by atoms with Crippen molar-refractivity contribution < 1.29 is 9.90 Å². The molecule has 0 saturated heterocycles. The third-order valence-electron chi connectivity index (χ3n) is 4.14. The number of aliphatic hydroxyl groups is 1. The summed E-state index contributed by atoms with van der Waals surface area (Å²) in [4.78, 5) is 12.5. The van der Waals surface area contributed by atoms with E-state index in [-0.39, 0.29) is 24.2 Å². The molecular formula is C16H19ClN4O2. The molecular weight excluding hydrogens is 316 g/mol. The predicted molar refractivity (Wildman–Crippen MR) is 86.8 cm³/mol. The summed E-state index contributed by atoms with van der Waals surface area (Å²) < 4.78 is 1.56. The van der Waals surface area contributed by atoms with Gasteiger partial charge in [0.05, 0.1) is 16.4 Å². The number of aromatic nitrogens is 3. The number of rotatable bonds is 6. The summed E-state index contributed by atoms with van der Waals surface area (Å²) in [6.45, 7) is 1.85. The van der Waals surface area contributed by atoms with E-state index in [9.17, 15) is 4.79 Å². The Hall–Kier alpha value is -1.92. The Morgan fingerprint density at radius 2 is 2.22 bits per heavy atom. The fraction of sp³-hybridized carbons (Fsp3) is 0.438. The highest BCUT2D eigenvalue weighted by Crippen LogP contribution is 2.34. The lowest BCUT2D eigenvalue weighted by Crippen LogP contribution is -2.37. The second kappa shape index (κ2) is 6.68. The van der Waals surface area contributed by atoms with Gasteiger partial charge in [0.1, 0.15) is 0 Å². The summed E-state index contributed by atoms with van der Waals surface area (Å²) in [5.41, 5.74) is 1.61. The van der Waals surface area contributed by atoms with E-state index in [0.29, 0.717) is 28.7 Å². The summed E-state index contributed by atoms with van der Waals surface area (Å²) in [5.74, 6) is 0.205. The average molecular weight is 335 g/mol. The first-order valence-corrected chi connectivity index (χ1v) is 8.08. The Balaban J connectivity index is 1.81. The van der Waals surface area contributed by atoms with E-state index in [2.05, 4.69) is 15.6 Å². The van der Waals surface area contributed by atoms with Crippen molar-refractivity contribution in [3.05, 3.63) is 40.7 Å². The minimum atomic E-state index is -0.258. The van der Waals surface area contributed by atoms with Crippen LogP contribution in [0.15, 0.2) is 24.3 Å². The summed E-state index contributed by atoms with van der Waals surface area (Å²) in [6, 6.07) is 7.28. The van der Waals surface area contributed by atoms with Crippen molar-refractivity contribution in [1.82, 2.24) is 20.3 Å². The van der Waals surface area contributed by atoms with Crippen LogP contribution in [-0.4, -0.2) is 38.7 Å². The van der Waals surface area contributed by atoms with Gasteiger partial charge in [0.15, 0.2) is 5.69 Å². The number of para-hydroxylation sites is 1.